The highest BCUT2D eigenvalue weighted by Crippen LogP contribution is 2.44. The Kier molecular flexibility index (Phi) is 8.32. The first-order chi connectivity index (χ1) is 21.4. The molecule has 3 aliphatic heterocycles. The second-order valence-corrected chi connectivity index (χ2v) is 14.4. The van der Waals surface area contributed by atoms with E-state index in [4.69, 9.17) is 9.47 Å². The van der Waals surface area contributed by atoms with E-state index >= 15 is 0 Å². The largest absolute Gasteiger partial charge is 0.434 e. The number of ether oxygens (including phenoxy) is 2. The summed E-state index contributed by atoms with van der Waals surface area (Å²) in [6.07, 6.45) is 11.8. The van der Waals surface area contributed by atoms with Crippen LogP contribution < -0.4 is 0 Å². The summed E-state index contributed by atoms with van der Waals surface area (Å²) in [5.41, 5.74) is 1.74. The zero-order chi connectivity index (χ0) is 30.4. The Labute approximate surface area is 259 Å². The summed E-state index contributed by atoms with van der Waals surface area (Å²) in [4.78, 5) is 43.1. The van der Waals surface area contributed by atoms with Gasteiger partial charge in [0.25, 0.3) is 0 Å². The number of hydrogen-bond acceptors (Lipinski definition) is 5. The lowest BCUT2D eigenvalue weighted by Crippen LogP contribution is -2.48. The van der Waals surface area contributed by atoms with Crippen LogP contribution in [0.4, 0.5) is 4.39 Å². The van der Waals surface area contributed by atoms with Crippen LogP contribution in [-0.4, -0.2) is 59.6 Å². The minimum absolute atomic E-state index is 0.0510. The number of carbonyl (C=O) groups is 3. The molecule has 8 heteroatoms. The van der Waals surface area contributed by atoms with Gasteiger partial charge in [0.1, 0.15) is 5.69 Å². The summed E-state index contributed by atoms with van der Waals surface area (Å²) in [5.74, 6) is 1.04. The molecule has 4 heterocycles. The molecule has 0 unspecified atom stereocenters. The fraction of sp³-hybridized carbons (Fsp3) is 0.694. The maximum absolute atomic E-state index is 14.3. The van der Waals surface area contributed by atoms with Gasteiger partial charge in [-0.2, -0.15) is 0 Å². The van der Waals surface area contributed by atoms with Gasteiger partial charge in [-0.3, -0.25) is 18.5 Å². The molecule has 1 aromatic carbocycles. The molecular formula is C36H47FN2O5. The third-order valence-corrected chi connectivity index (χ3v) is 11.9. The monoisotopic (exact) mass is 606 g/mol. The third kappa shape index (κ3) is 5.29. The van der Waals surface area contributed by atoms with Gasteiger partial charge in [-0.15, -0.1) is 0 Å². The van der Waals surface area contributed by atoms with Crippen molar-refractivity contribution in [2.24, 2.45) is 29.6 Å². The Morgan fingerprint density at radius 3 is 2.48 bits per heavy atom. The van der Waals surface area contributed by atoms with Gasteiger partial charge in [-0.05, 0) is 79.5 Å². The van der Waals surface area contributed by atoms with Gasteiger partial charge in [0.05, 0.1) is 31.4 Å². The number of amides is 1. The normalized spacial score (nSPS) is 29.6. The van der Waals surface area contributed by atoms with Gasteiger partial charge in [0.2, 0.25) is 5.91 Å². The average Bonchev–Trinajstić information content (AvgIpc) is 3.74. The second-order valence-electron chi connectivity index (χ2n) is 14.4. The molecule has 238 valence electrons. The van der Waals surface area contributed by atoms with Crippen LogP contribution in [0.5, 0.6) is 0 Å². The fourth-order valence-electron chi connectivity index (χ4n) is 9.38. The van der Waals surface area contributed by atoms with Crippen LogP contribution in [0, 0.1) is 29.6 Å². The first-order valence-corrected chi connectivity index (χ1v) is 17.2. The Bertz CT molecular complexity index is 1400. The number of Topliss-reactive ketones (excluding diaryl/α,β-unsaturated/α-hetero) is 1. The molecule has 1 aromatic heterocycles. The summed E-state index contributed by atoms with van der Waals surface area (Å²) in [6.45, 7) is 3.44. The maximum Gasteiger partial charge on any atom is 0.357 e. The number of carbonyl (C=O) groups excluding carboxylic acids is 3. The number of ketones is 1. The lowest BCUT2D eigenvalue weighted by molar-refractivity contribution is -0.143. The van der Waals surface area contributed by atoms with E-state index < -0.39 is 5.72 Å². The van der Waals surface area contributed by atoms with E-state index in [0.717, 1.165) is 61.4 Å². The van der Waals surface area contributed by atoms with Gasteiger partial charge < -0.3 is 14.4 Å². The summed E-state index contributed by atoms with van der Waals surface area (Å²) < 4.78 is 26.8. The molecule has 3 atom stereocenters. The predicted octanol–water partition coefficient (Wildman–Crippen LogP) is 6.60. The molecule has 0 bridgehead atoms. The molecule has 2 saturated carbocycles. The molecular weight excluding hydrogens is 559 g/mol. The van der Waals surface area contributed by atoms with E-state index in [9.17, 15) is 18.8 Å². The number of likely N-dealkylation sites (tertiary alicyclic amines) is 1. The highest BCUT2D eigenvalue weighted by Gasteiger charge is 2.48. The van der Waals surface area contributed by atoms with Crippen molar-refractivity contribution in [1.29, 1.82) is 0 Å². The van der Waals surface area contributed by atoms with Crippen molar-refractivity contribution in [2.75, 3.05) is 26.4 Å². The minimum Gasteiger partial charge on any atom is -0.434 e. The van der Waals surface area contributed by atoms with Crippen LogP contribution >= 0.6 is 0 Å². The first-order valence-electron chi connectivity index (χ1n) is 17.2. The molecule has 1 spiro atoms. The van der Waals surface area contributed by atoms with E-state index in [1.165, 1.54) is 19.3 Å². The summed E-state index contributed by atoms with van der Waals surface area (Å²) in [7, 11) is 0. The molecule has 7 rings (SSSR count). The zero-order valence-electron chi connectivity index (χ0n) is 26.1. The highest BCUT2D eigenvalue weighted by molar-refractivity contribution is 5.99. The SMILES string of the molecule is C[C@H](CF)C1CCC(C(=O)N2CC[C@@H](C3CCCCC3)[C@H]2C(=O)Cc2ccc3c(c2)cc2n3C3(CCOCC3)OC2=O)CC1. The van der Waals surface area contributed by atoms with E-state index in [0.29, 0.717) is 50.1 Å². The Morgan fingerprint density at radius 1 is 1.00 bits per heavy atom. The molecule has 4 fully saturated rings. The van der Waals surface area contributed by atoms with E-state index in [1.54, 1.807) is 0 Å². The van der Waals surface area contributed by atoms with Crippen molar-refractivity contribution in [3.8, 4) is 0 Å². The topological polar surface area (TPSA) is 77.8 Å². The molecule has 44 heavy (non-hydrogen) atoms. The van der Waals surface area contributed by atoms with Crippen molar-refractivity contribution in [1.82, 2.24) is 9.47 Å². The van der Waals surface area contributed by atoms with Crippen molar-refractivity contribution in [3.05, 3.63) is 35.5 Å². The lowest BCUT2D eigenvalue weighted by atomic mass is 9.74. The van der Waals surface area contributed by atoms with Crippen LogP contribution in [0.1, 0.15) is 100 Å². The number of benzene rings is 1. The maximum atomic E-state index is 14.3. The standard InChI is InChI=1S/C36H47FN2O5/c1-23(22-37)25-8-10-27(11-9-25)34(41)38-16-13-29(26-5-3-2-4-6-26)33(38)32(40)20-24-7-12-30-28(19-24)21-31-35(42)44-36(39(30)31)14-17-43-18-15-36/h7,12,19,21,23,25-27,29,33H,2-6,8-11,13-18,20,22H2,1H3/t23-,25?,27?,29+,33+/m1/s1. The number of fused-ring (bicyclic) bond motifs is 4. The number of nitrogens with zero attached hydrogens (tertiary/aromatic N) is 2. The van der Waals surface area contributed by atoms with E-state index in [-0.39, 0.29) is 54.6 Å². The van der Waals surface area contributed by atoms with Gasteiger partial charge in [-0.25, -0.2) is 4.79 Å². The quantitative estimate of drug-likeness (QED) is 0.332. The molecule has 1 amide bonds. The summed E-state index contributed by atoms with van der Waals surface area (Å²) in [6, 6.07) is 7.60. The smallest absolute Gasteiger partial charge is 0.357 e. The summed E-state index contributed by atoms with van der Waals surface area (Å²) >= 11 is 0. The molecule has 7 nitrogen and oxygen atoms in total. The van der Waals surface area contributed by atoms with Crippen molar-refractivity contribution in [2.45, 2.75) is 102 Å². The molecule has 2 aromatic rings. The number of esters is 1. The number of halogens is 1. The van der Waals surface area contributed by atoms with Crippen LogP contribution in [0.3, 0.4) is 0 Å². The molecule has 0 radical (unpaired) electrons. The van der Waals surface area contributed by atoms with Crippen LogP contribution in [0.25, 0.3) is 10.9 Å². The van der Waals surface area contributed by atoms with Gasteiger partial charge >= 0.3 is 5.97 Å². The zero-order valence-corrected chi connectivity index (χ0v) is 26.1. The van der Waals surface area contributed by atoms with Gasteiger partial charge in [-0.1, -0.05) is 45.1 Å². The Hall–Kier alpha value is -2.74. The Balaban J connectivity index is 1.12. The van der Waals surface area contributed by atoms with E-state index in [2.05, 4.69) is 0 Å². The average molecular weight is 607 g/mol. The summed E-state index contributed by atoms with van der Waals surface area (Å²) in [5, 5.41) is 0.940. The van der Waals surface area contributed by atoms with E-state index in [1.807, 2.05) is 40.7 Å². The number of alkyl halides is 1. The molecule has 0 N–H and O–H groups in total. The van der Waals surface area contributed by atoms with Crippen molar-refractivity contribution in [3.63, 3.8) is 0 Å². The first kappa shape index (κ1) is 29.9. The molecule has 5 aliphatic rings. The fourth-order valence-corrected chi connectivity index (χ4v) is 9.38. The minimum atomic E-state index is -0.690. The highest BCUT2D eigenvalue weighted by atomic mass is 19.1. The van der Waals surface area contributed by atoms with Crippen molar-refractivity contribution >= 4 is 28.6 Å². The number of rotatable bonds is 7. The third-order valence-electron chi connectivity index (χ3n) is 11.9. The number of hydrogen-bond donors (Lipinski definition) is 0. The number of aromatic nitrogens is 1. The van der Waals surface area contributed by atoms with Crippen LogP contribution in [0.2, 0.25) is 0 Å². The molecule has 2 aliphatic carbocycles. The van der Waals surface area contributed by atoms with Crippen molar-refractivity contribution < 1.29 is 28.2 Å². The van der Waals surface area contributed by atoms with Gasteiger partial charge in [0, 0.05) is 37.1 Å². The molecule has 2 saturated heterocycles. The predicted molar refractivity (Wildman–Crippen MR) is 165 cm³/mol. The lowest BCUT2D eigenvalue weighted by Gasteiger charge is -2.37. The van der Waals surface area contributed by atoms with Crippen LogP contribution in [-0.2, 0) is 31.2 Å². The van der Waals surface area contributed by atoms with Gasteiger partial charge in [0.15, 0.2) is 11.5 Å². The Morgan fingerprint density at radius 2 is 1.75 bits per heavy atom. The van der Waals surface area contributed by atoms with Crippen LogP contribution in [0.15, 0.2) is 24.3 Å². The second kappa shape index (κ2) is 12.2.